The summed E-state index contributed by atoms with van der Waals surface area (Å²) >= 11 is 0. The minimum absolute atomic E-state index is 0.0463. The number of hydrogen-bond acceptors (Lipinski definition) is 3. The number of benzene rings is 1. The van der Waals surface area contributed by atoms with Gasteiger partial charge in [-0.05, 0) is 39.8 Å². The average molecular weight is 236 g/mol. The van der Waals surface area contributed by atoms with Gasteiger partial charge in [0.1, 0.15) is 12.4 Å². The smallest absolute Gasteiger partial charge is 0.192 e. The second-order valence-corrected chi connectivity index (χ2v) is 4.45. The SMILES string of the molecule is CC(C)OCC(=O)c1ccccc1OC(C)C. The number of Topliss-reactive ketones (excluding diaryl/α,β-unsaturated/α-hetero) is 1. The van der Waals surface area contributed by atoms with Crippen molar-refractivity contribution in [2.45, 2.75) is 39.9 Å². The molecule has 0 aromatic heterocycles. The Bertz CT molecular complexity index is 369. The number of ketones is 1. The Balaban J connectivity index is 2.78. The fraction of sp³-hybridized carbons (Fsp3) is 0.500. The molecule has 1 aromatic carbocycles. The normalized spacial score (nSPS) is 10.9. The molecule has 0 saturated heterocycles. The van der Waals surface area contributed by atoms with Gasteiger partial charge in [0, 0.05) is 0 Å². The fourth-order valence-corrected chi connectivity index (χ4v) is 1.37. The van der Waals surface area contributed by atoms with Crippen LogP contribution in [-0.4, -0.2) is 24.6 Å². The first kappa shape index (κ1) is 13.7. The van der Waals surface area contributed by atoms with Gasteiger partial charge in [-0.25, -0.2) is 0 Å². The molecule has 0 radical (unpaired) electrons. The van der Waals surface area contributed by atoms with E-state index >= 15 is 0 Å². The maximum atomic E-state index is 11.9. The Hall–Kier alpha value is -1.35. The maximum absolute atomic E-state index is 11.9. The Kier molecular flexibility index (Phi) is 5.16. The van der Waals surface area contributed by atoms with E-state index in [1.807, 2.05) is 45.9 Å². The number of carbonyl (C=O) groups is 1. The lowest BCUT2D eigenvalue weighted by atomic mass is 10.1. The molecule has 3 nitrogen and oxygen atoms in total. The Morgan fingerprint density at radius 3 is 2.35 bits per heavy atom. The molecular formula is C14H20O3. The minimum atomic E-state index is -0.0463. The number of rotatable bonds is 6. The molecule has 0 aliphatic carbocycles. The van der Waals surface area contributed by atoms with Crippen molar-refractivity contribution in [3.63, 3.8) is 0 Å². The van der Waals surface area contributed by atoms with Crippen molar-refractivity contribution in [1.82, 2.24) is 0 Å². The third-order valence-corrected chi connectivity index (χ3v) is 2.10. The highest BCUT2D eigenvalue weighted by molar-refractivity contribution is 5.99. The standard InChI is InChI=1S/C14H20O3/c1-10(2)16-9-13(15)12-7-5-6-8-14(12)17-11(3)4/h5-8,10-11H,9H2,1-4H3. The van der Waals surface area contributed by atoms with E-state index in [0.29, 0.717) is 11.3 Å². The molecule has 0 aliphatic heterocycles. The van der Waals surface area contributed by atoms with Gasteiger partial charge >= 0.3 is 0 Å². The molecule has 94 valence electrons. The van der Waals surface area contributed by atoms with E-state index in [1.54, 1.807) is 6.07 Å². The zero-order valence-electron chi connectivity index (χ0n) is 10.9. The first-order valence-electron chi connectivity index (χ1n) is 5.91. The molecule has 0 aliphatic rings. The summed E-state index contributed by atoms with van der Waals surface area (Å²) in [5.41, 5.74) is 0.585. The summed E-state index contributed by atoms with van der Waals surface area (Å²) in [6.07, 6.45) is 0.104. The topological polar surface area (TPSA) is 35.5 Å². The van der Waals surface area contributed by atoms with E-state index < -0.39 is 0 Å². The van der Waals surface area contributed by atoms with Crippen molar-refractivity contribution < 1.29 is 14.3 Å². The van der Waals surface area contributed by atoms with Crippen molar-refractivity contribution in [1.29, 1.82) is 0 Å². The third kappa shape index (κ3) is 4.57. The van der Waals surface area contributed by atoms with Gasteiger partial charge in [-0.15, -0.1) is 0 Å². The lowest BCUT2D eigenvalue weighted by molar-refractivity contribution is 0.0580. The molecule has 0 amide bonds. The van der Waals surface area contributed by atoms with E-state index in [1.165, 1.54) is 0 Å². The van der Waals surface area contributed by atoms with E-state index in [2.05, 4.69) is 0 Å². The van der Waals surface area contributed by atoms with Crippen LogP contribution in [0.5, 0.6) is 5.75 Å². The molecule has 0 fully saturated rings. The summed E-state index contributed by atoms with van der Waals surface area (Å²) in [6, 6.07) is 7.26. The van der Waals surface area contributed by atoms with Crippen LogP contribution in [0.15, 0.2) is 24.3 Å². The van der Waals surface area contributed by atoms with E-state index in [0.717, 1.165) is 0 Å². The van der Waals surface area contributed by atoms with Crippen LogP contribution in [0.25, 0.3) is 0 Å². The molecule has 0 atom stereocenters. The minimum Gasteiger partial charge on any atom is -0.490 e. The average Bonchev–Trinajstić information content (AvgIpc) is 2.25. The first-order valence-corrected chi connectivity index (χ1v) is 5.91. The highest BCUT2D eigenvalue weighted by atomic mass is 16.5. The van der Waals surface area contributed by atoms with Crippen LogP contribution in [-0.2, 0) is 4.74 Å². The third-order valence-electron chi connectivity index (χ3n) is 2.10. The molecule has 0 N–H and O–H groups in total. The van der Waals surface area contributed by atoms with Crippen LogP contribution in [0, 0.1) is 0 Å². The molecule has 0 unspecified atom stereocenters. The molecule has 0 saturated carbocycles. The van der Waals surface area contributed by atoms with Gasteiger partial charge in [0.25, 0.3) is 0 Å². The fourth-order valence-electron chi connectivity index (χ4n) is 1.37. The van der Waals surface area contributed by atoms with Crippen molar-refractivity contribution in [2.24, 2.45) is 0 Å². The Morgan fingerprint density at radius 1 is 1.12 bits per heavy atom. The van der Waals surface area contributed by atoms with Crippen molar-refractivity contribution in [3.05, 3.63) is 29.8 Å². The van der Waals surface area contributed by atoms with Gasteiger partial charge in [0.15, 0.2) is 5.78 Å². The van der Waals surface area contributed by atoms with Crippen LogP contribution in [0.3, 0.4) is 0 Å². The van der Waals surface area contributed by atoms with Gasteiger partial charge in [-0.3, -0.25) is 4.79 Å². The first-order chi connectivity index (χ1) is 8.00. The molecule has 1 rings (SSSR count). The second kappa shape index (κ2) is 6.40. The Morgan fingerprint density at radius 2 is 1.76 bits per heavy atom. The van der Waals surface area contributed by atoms with Crippen molar-refractivity contribution >= 4 is 5.78 Å². The highest BCUT2D eigenvalue weighted by Gasteiger charge is 2.13. The van der Waals surface area contributed by atoms with Crippen LogP contribution in [0.4, 0.5) is 0 Å². The predicted molar refractivity (Wildman–Crippen MR) is 67.6 cm³/mol. The van der Waals surface area contributed by atoms with Crippen LogP contribution in [0.2, 0.25) is 0 Å². The summed E-state index contributed by atoms with van der Waals surface area (Å²) < 4.78 is 10.9. The summed E-state index contributed by atoms with van der Waals surface area (Å²) in [5, 5.41) is 0. The molecule has 1 aromatic rings. The van der Waals surface area contributed by atoms with Crippen molar-refractivity contribution in [3.8, 4) is 5.75 Å². The molecule has 0 bridgehead atoms. The van der Waals surface area contributed by atoms with Crippen LogP contribution < -0.4 is 4.74 Å². The molecule has 17 heavy (non-hydrogen) atoms. The zero-order valence-corrected chi connectivity index (χ0v) is 10.9. The van der Waals surface area contributed by atoms with E-state index in [9.17, 15) is 4.79 Å². The van der Waals surface area contributed by atoms with E-state index in [4.69, 9.17) is 9.47 Å². The van der Waals surface area contributed by atoms with Gasteiger partial charge < -0.3 is 9.47 Å². The molecule has 0 heterocycles. The summed E-state index contributed by atoms with van der Waals surface area (Å²) in [6.45, 7) is 7.78. The second-order valence-electron chi connectivity index (χ2n) is 4.45. The lowest BCUT2D eigenvalue weighted by Gasteiger charge is -2.14. The molecule has 3 heteroatoms. The largest absolute Gasteiger partial charge is 0.490 e. The van der Waals surface area contributed by atoms with Gasteiger partial charge in [-0.1, -0.05) is 12.1 Å². The van der Waals surface area contributed by atoms with Crippen molar-refractivity contribution in [2.75, 3.05) is 6.61 Å². The summed E-state index contributed by atoms with van der Waals surface area (Å²) in [7, 11) is 0. The quantitative estimate of drug-likeness (QED) is 0.712. The van der Waals surface area contributed by atoms with Crippen LogP contribution >= 0.6 is 0 Å². The number of ether oxygens (including phenoxy) is 2. The number of hydrogen-bond donors (Lipinski definition) is 0. The van der Waals surface area contributed by atoms with Gasteiger partial charge in [0.05, 0.1) is 17.8 Å². The van der Waals surface area contributed by atoms with E-state index in [-0.39, 0.29) is 24.6 Å². The Labute approximate surface area is 103 Å². The van der Waals surface area contributed by atoms with Crippen LogP contribution in [0.1, 0.15) is 38.1 Å². The molecule has 0 spiro atoms. The predicted octanol–water partition coefficient (Wildman–Crippen LogP) is 3.08. The summed E-state index contributed by atoms with van der Waals surface area (Å²) in [4.78, 5) is 11.9. The highest BCUT2D eigenvalue weighted by Crippen LogP contribution is 2.20. The molecular weight excluding hydrogens is 216 g/mol. The number of carbonyl (C=O) groups excluding carboxylic acids is 1. The number of para-hydroxylation sites is 1. The van der Waals surface area contributed by atoms with Gasteiger partial charge in [-0.2, -0.15) is 0 Å². The maximum Gasteiger partial charge on any atom is 0.192 e. The lowest BCUT2D eigenvalue weighted by Crippen LogP contribution is -2.16. The zero-order chi connectivity index (χ0) is 12.8. The summed E-state index contributed by atoms with van der Waals surface area (Å²) in [5.74, 6) is 0.579. The van der Waals surface area contributed by atoms with Gasteiger partial charge in [0.2, 0.25) is 0 Å². The monoisotopic (exact) mass is 236 g/mol.